The minimum atomic E-state index is -3.68. The lowest BCUT2D eigenvalue weighted by Crippen LogP contribution is -2.28. The molecule has 0 aliphatic carbocycles. The van der Waals surface area contributed by atoms with Crippen molar-refractivity contribution >= 4 is 33.4 Å². The van der Waals surface area contributed by atoms with Crippen molar-refractivity contribution in [2.45, 2.75) is 19.4 Å². The SMILES string of the molecule is CCOC(=O)C1=NC(c2ccc(Cl)cc2)C=C(NOS(C)(=O)=O)C1. The van der Waals surface area contributed by atoms with E-state index >= 15 is 0 Å². The van der Waals surface area contributed by atoms with E-state index in [1.54, 1.807) is 37.3 Å². The van der Waals surface area contributed by atoms with E-state index in [1.165, 1.54) is 0 Å². The average Bonchev–Trinajstić information content (AvgIpc) is 2.53. The summed E-state index contributed by atoms with van der Waals surface area (Å²) in [7, 11) is -3.68. The smallest absolute Gasteiger partial charge is 0.352 e. The maximum absolute atomic E-state index is 12.0. The first-order valence-electron chi connectivity index (χ1n) is 7.13. The number of nitrogens with zero attached hydrogens (tertiary/aromatic N) is 1. The summed E-state index contributed by atoms with van der Waals surface area (Å²) in [5.41, 5.74) is 3.73. The number of allylic oxidation sites excluding steroid dienone is 1. The van der Waals surface area contributed by atoms with Crippen molar-refractivity contribution in [1.29, 1.82) is 0 Å². The van der Waals surface area contributed by atoms with Gasteiger partial charge < -0.3 is 4.74 Å². The van der Waals surface area contributed by atoms with Gasteiger partial charge in [0.25, 0.3) is 10.1 Å². The topological polar surface area (TPSA) is 94.1 Å². The van der Waals surface area contributed by atoms with Gasteiger partial charge in [0.05, 0.1) is 18.9 Å². The third kappa shape index (κ3) is 5.33. The molecule has 9 heteroatoms. The maximum Gasteiger partial charge on any atom is 0.352 e. The average molecular weight is 373 g/mol. The van der Waals surface area contributed by atoms with Crippen LogP contribution in [0.1, 0.15) is 24.9 Å². The van der Waals surface area contributed by atoms with Crippen molar-refractivity contribution in [2.75, 3.05) is 12.9 Å². The van der Waals surface area contributed by atoms with E-state index < -0.39 is 22.1 Å². The van der Waals surface area contributed by atoms with Crippen LogP contribution in [0.2, 0.25) is 5.02 Å². The third-order valence-electron chi connectivity index (χ3n) is 3.06. The minimum Gasteiger partial charge on any atom is -0.462 e. The van der Waals surface area contributed by atoms with Crippen LogP contribution in [0, 0.1) is 0 Å². The molecule has 1 aromatic rings. The fourth-order valence-electron chi connectivity index (χ4n) is 2.05. The van der Waals surface area contributed by atoms with Gasteiger partial charge in [-0.1, -0.05) is 23.7 Å². The van der Waals surface area contributed by atoms with Crippen LogP contribution in [0.4, 0.5) is 0 Å². The number of hydrogen-bond acceptors (Lipinski definition) is 7. The Balaban J connectivity index is 2.28. The molecule has 0 spiro atoms. The number of carbonyl (C=O) groups is 1. The van der Waals surface area contributed by atoms with Crippen LogP contribution in [0.15, 0.2) is 41.0 Å². The highest BCUT2D eigenvalue weighted by Gasteiger charge is 2.23. The van der Waals surface area contributed by atoms with Crippen molar-refractivity contribution < 1.29 is 22.2 Å². The summed E-state index contributed by atoms with van der Waals surface area (Å²) in [6.07, 6.45) is 2.68. The standard InChI is InChI=1S/C15H17ClN2O5S/c1-3-22-15(19)14-9-12(18-23-24(2,20)21)8-13(17-14)10-4-6-11(16)7-5-10/h4-8,13,18H,3,9H2,1-2H3. The van der Waals surface area contributed by atoms with E-state index in [9.17, 15) is 13.2 Å². The molecule has 7 nitrogen and oxygen atoms in total. The number of hydroxylamine groups is 1. The summed E-state index contributed by atoms with van der Waals surface area (Å²) >= 11 is 5.88. The van der Waals surface area contributed by atoms with Crippen LogP contribution in [0.25, 0.3) is 0 Å². The van der Waals surface area contributed by atoms with Crippen LogP contribution >= 0.6 is 11.6 Å². The van der Waals surface area contributed by atoms with E-state index in [-0.39, 0.29) is 18.7 Å². The number of esters is 1. The summed E-state index contributed by atoms with van der Waals surface area (Å²) in [5.74, 6) is -0.553. The molecule has 1 aliphatic heterocycles. The fraction of sp³-hybridized carbons (Fsp3) is 0.333. The number of halogens is 1. The zero-order chi connectivity index (χ0) is 17.7. The third-order valence-corrected chi connectivity index (χ3v) is 3.70. The quantitative estimate of drug-likeness (QED) is 0.607. The minimum absolute atomic E-state index is 0.0818. The number of rotatable bonds is 6. The van der Waals surface area contributed by atoms with E-state index in [4.69, 9.17) is 16.3 Å². The summed E-state index contributed by atoms with van der Waals surface area (Å²) in [4.78, 5) is 16.4. The van der Waals surface area contributed by atoms with Crippen LogP contribution in [-0.2, 0) is 23.9 Å². The second-order valence-electron chi connectivity index (χ2n) is 5.05. The molecular weight excluding hydrogens is 356 g/mol. The van der Waals surface area contributed by atoms with Crippen molar-refractivity contribution in [3.63, 3.8) is 0 Å². The van der Waals surface area contributed by atoms with Crippen molar-refractivity contribution in [1.82, 2.24) is 5.48 Å². The Morgan fingerprint density at radius 3 is 2.62 bits per heavy atom. The fourth-order valence-corrected chi connectivity index (χ4v) is 2.43. The Kier molecular flexibility index (Phi) is 5.98. The summed E-state index contributed by atoms with van der Waals surface area (Å²) in [5, 5.41) is 0.576. The molecule has 1 aromatic carbocycles. The molecule has 0 fully saturated rings. The Bertz CT molecular complexity index is 772. The van der Waals surface area contributed by atoms with Crippen molar-refractivity contribution in [3.8, 4) is 0 Å². The molecule has 0 aromatic heterocycles. The molecule has 1 atom stereocenters. The van der Waals surface area contributed by atoms with Gasteiger partial charge >= 0.3 is 5.97 Å². The molecule has 0 radical (unpaired) electrons. The van der Waals surface area contributed by atoms with Gasteiger partial charge in [-0.3, -0.25) is 10.5 Å². The van der Waals surface area contributed by atoms with E-state index in [0.29, 0.717) is 10.7 Å². The molecule has 1 heterocycles. The molecule has 130 valence electrons. The molecular formula is C15H17ClN2O5S. The number of dihydropyridines is 1. The lowest BCUT2D eigenvalue weighted by Gasteiger charge is -2.20. The monoisotopic (exact) mass is 372 g/mol. The van der Waals surface area contributed by atoms with E-state index in [0.717, 1.165) is 11.8 Å². The zero-order valence-electron chi connectivity index (χ0n) is 13.2. The number of benzene rings is 1. The lowest BCUT2D eigenvalue weighted by atomic mass is 10.0. The van der Waals surface area contributed by atoms with Crippen LogP contribution in [0.3, 0.4) is 0 Å². The molecule has 1 aliphatic rings. The molecule has 2 rings (SSSR count). The summed E-state index contributed by atoms with van der Waals surface area (Å²) in [6, 6.07) is 6.48. The highest BCUT2D eigenvalue weighted by atomic mass is 35.5. The zero-order valence-corrected chi connectivity index (χ0v) is 14.7. The largest absolute Gasteiger partial charge is 0.462 e. The summed E-state index contributed by atoms with van der Waals surface area (Å²) < 4.78 is 31.8. The maximum atomic E-state index is 12.0. The second-order valence-corrected chi connectivity index (χ2v) is 7.06. The number of carbonyl (C=O) groups excluding carboxylic acids is 1. The van der Waals surface area contributed by atoms with Crippen molar-refractivity contribution in [2.24, 2.45) is 4.99 Å². The second kappa shape index (κ2) is 7.78. The highest BCUT2D eigenvalue weighted by Crippen LogP contribution is 2.27. The van der Waals surface area contributed by atoms with Gasteiger partial charge in [0.15, 0.2) is 0 Å². The first-order valence-corrected chi connectivity index (χ1v) is 9.32. The molecule has 0 saturated carbocycles. The van der Waals surface area contributed by atoms with Gasteiger partial charge in [-0.2, -0.15) is 12.7 Å². The number of ether oxygens (including phenoxy) is 1. The van der Waals surface area contributed by atoms with Gasteiger partial charge in [-0.15, -0.1) is 0 Å². The van der Waals surface area contributed by atoms with E-state index in [1.807, 2.05) is 0 Å². The Morgan fingerprint density at radius 2 is 2.04 bits per heavy atom. The first-order chi connectivity index (χ1) is 11.3. The summed E-state index contributed by atoms with van der Waals surface area (Å²) in [6.45, 7) is 1.91. The molecule has 0 amide bonds. The highest BCUT2D eigenvalue weighted by molar-refractivity contribution is 7.85. The number of aliphatic imine (C=N–C) groups is 1. The normalized spacial score (nSPS) is 17.7. The van der Waals surface area contributed by atoms with E-state index in [2.05, 4.69) is 14.8 Å². The molecule has 1 unspecified atom stereocenters. The Labute approximate surface area is 145 Å². The van der Waals surface area contributed by atoms with Crippen LogP contribution in [0.5, 0.6) is 0 Å². The molecule has 0 saturated heterocycles. The van der Waals surface area contributed by atoms with Gasteiger partial charge in [0.1, 0.15) is 5.71 Å². The molecule has 0 bridgehead atoms. The Morgan fingerprint density at radius 1 is 1.38 bits per heavy atom. The van der Waals surface area contributed by atoms with Crippen LogP contribution < -0.4 is 5.48 Å². The van der Waals surface area contributed by atoms with Gasteiger partial charge in [0.2, 0.25) is 0 Å². The number of hydrogen-bond donors (Lipinski definition) is 1. The van der Waals surface area contributed by atoms with Crippen molar-refractivity contribution in [3.05, 3.63) is 46.6 Å². The van der Waals surface area contributed by atoms with Gasteiger partial charge in [-0.25, -0.2) is 4.79 Å². The number of nitrogens with one attached hydrogen (secondary N) is 1. The van der Waals surface area contributed by atoms with Gasteiger partial charge in [-0.05, 0) is 30.7 Å². The predicted molar refractivity (Wildman–Crippen MR) is 90.0 cm³/mol. The first kappa shape index (κ1) is 18.4. The van der Waals surface area contributed by atoms with Crippen LogP contribution in [-0.4, -0.2) is 33.0 Å². The molecule has 24 heavy (non-hydrogen) atoms. The molecule has 1 N–H and O–H groups in total. The predicted octanol–water partition coefficient (Wildman–Crippen LogP) is 2.15. The lowest BCUT2D eigenvalue weighted by molar-refractivity contribution is -0.135. The van der Waals surface area contributed by atoms with Gasteiger partial charge in [0, 0.05) is 17.1 Å². The Hall–Kier alpha value is -1.90.